The minimum absolute atomic E-state index is 0.0230. The lowest BCUT2D eigenvalue weighted by atomic mass is 10.2. The van der Waals surface area contributed by atoms with Gasteiger partial charge in [0, 0.05) is 26.7 Å². The van der Waals surface area contributed by atoms with Crippen LogP contribution in [0.15, 0.2) is 33.9 Å². The number of alkyl carbamates (subject to hydrolysis) is 1. The molecule has 0 fully saturated rings. The van der Waals surface area contributed by atoms with E-state index in [0.717, 1.165) is 10.1 Å². The zero-order valence-electron chi connectivity index (χ0n) is 20.6. The van der Waals surface area contributed by atoms with Crippen molar-refractivity contribution < 1.29 is 19.4 Å². The van der Waals surface area contributed by atoms with Gasteiger partial charge in [0.05, 0.1) is 20.3 Å². The maximum absolute atomic E-state index is 13.5. The van der Waals surface area contributed by atoms with Gasteiger partial charge in [-0.05, 0) is 38.5 Å². The van der Waals surface area contributed by atoms with Gasteiger partial charge in [-0.25, -0.2) is 9.59 Å². The molecule has 1 aromatic carbocycles. The third-order valence-electron chi connectivity index (χ3n) is 5.11. The summed E-state index contributed by atoms with van der Waals surface area (Å²) in [6, 6.07) is 7.38. The number of nitrogens with zero attached hydrogens (tertiary/aromatic N) is 4. The van der Waals surface area contributed by atoms with Crippen molar-refractivity contribution in [2.75, 3.05) is 32.1 Å². The zero-order chi connectivity index (χ0) is 25.8. The number of fused-ring (bicyclic) bond motifs is 1. The van der Waals surface area contributed by atoms with E-state index in [4.69, 9.17) is 9.47 Å². The van der Waals surface area contributed by atoms with Gasteiger partial charge in [-0.2, -0.15) is 4.98 Å². The Morgan fingerprint density at radius 1 is 1.17 bits per heavy atom. The van der Waals surface area contributed by atoms with E-state index in [1.165, 1.54) is 11.6 Å². The van der Waals surface area contributed by atoms with Crippen LogP contribution in [0.2, 0.25) is 0 Å². The third-order valence-corrected chi connectivity index (χ3v) is 5.11. The second kappa shape index (κ2) is 10.6. The molecular weight excluding hydrogens is 456 g/mol. The molecule has 12 heteroatoms. The Morgan fingerprint density at radius 3 is 2.57 bits per heavy atom. The summed E-state index contributed by atoms with van der Waals surface area (Å²) in [5, 5.41) is 14.9. The van der Waals surface area contributed by atoms with Crippen molar-refractivity contribution in [3.63, 3.8) is 0 Å². The lowest BCUT2D eigenvalue weighted by Crippen LogP contribution is -2.43. The van der Waals surface area contributed by atoms with Crippen molar-refractivity contribution in [1.29, 1.82) is 0 Å². The predicted octanol–water partition coefficient (Wildman–Crippen LogP) is 0.883. The first-order chi connectivity index (χ1) is 16.6. The number of rotatable bonds is 9. The highest BCUT2D eigenvalue weighted by molar-refractivity contribution is 5.74. The average molecular weight is 489 g/mol. The molecule has 0 spiro atoms. The van der Waals surface area contributed by atoms with Crippen molar-refractivity contribution in [3.8, 4) is 5.75 Å². The van der Waals surface area contributed by atoms with Crippen LogP contribution in [-0.4, -0.2) is 62.3 Å². The Kier molecular flexibility index (Phi) is 7.85. The molecule has 35 heavy (non-hydrogen) atoms. The van der Waals surface area contributed by atoms with E-state index in [1.807, 2.05) is 24.3 Å². The van der Waals surface area contributed by atoms with Crippen molar-refractivity contribution in [2.45, 2.75) is 39.5 Å². The number of amides is 1. The quantitative estimate of drug-likeness (QED) is 0.403. The highest BCUT2D eigenvalue weighted by Gasteiger charge is 2.21. The van der Waals surface area contributed by atoms with Crippen LogP contribution in [0.5, 0.6) is 5.75 Å². The first-order valence-electron chi connectivity index (χ1n) is 11.2. The SMILES string of the molecule is COc1cccc(Cn2c(NCCO)nc3c2c(=O)n(CCNC(=O)OC(C)(C)C)c(=O)n3C)c1. The van der Waals surface area contributed by atoms with Gasteiger partial charge in [0.25, 0.3) is 5.56 Å². The first kappa shape index (κ1) is 25.8. The molecule has 190 valence electrons. The number of hydrogen-bond donors (Lipinski definition) is 3. The Hall–Kier alpha value is -3.80. The van der Waals surface area contributed by atoms with Gasteiger partial charge in [-0.15, -0.1) is 0 Å². The molecule has 3 rings (SSSR count). The third kappa shape index (κ3) is 6.01. The summed E-state index contributed by atoms with van der Waals surface area (Å²) >= 11 is 0. The number of aromatic nitrogens is 4. The maximum Gasteiger partial charge on any atom is 0.407 e. The maximum atomic E-state index is 13.5. The number of benzene rings is 1. The molecule has 0 bridgehead atoms. The first-order valence-corrected chi connectivity index (χ1v) is 11.2. The van der Waals surface area contributed by atoms with E-state index < -0.39 is 22.9 Å². The number of aliphatic hydroxyl groups excluding tert-OH is 1. The van der Waals surface area contributed by atoms with Crippen molar-refractivity contribution in [2.24, 2.45) is 7.05 Å². The molecule has 0 saturated carbocycles. The summed E-state index contributed by atoms with van der Waals surface area (Å²) in [5.74, 6) is 1.00. The van der Waals surface area contributed by atoms with Crippen LogP contribution < -0.4 is 26.6 Å². The fraction of sp³-hybridized carbons (Fsp3) is 0.478. The number of nitrogens with one attached hydrogen (secondary N) is 2. The van der Waals surface area contributed by atoms with Gasteiger partial charge < -0.3 is 25.2 Å². The fourth-order valence-corrected chi connectivity index (χ4v) is 3.56. The van der Waals surface area contributed by atoms with Crippen LogP contribution in [0, 0.1) is 0 Å². The van der Waals surface area contributed by atoms with Gasteiger partial charge in [0.2, 0.25) is 5.95 Å². The number of ether oxygens (including phenoxy) is 2. The summed E-state index contributed by atoms with van der Waals surface area (Å²) in [5.41, 5.74) is -0.496. The molecule has 0 aliphatic heterocycles. The number of aliphatic hydroxyl groups is 1. The molecule has 0 aliphatic rings. The highest BCUT2D eigenvalue weighted by atomic mass is 16.6. The number of anilines is 1. The largest absolute Gasteiger partial charge is 0.497 e. The Labute approximate surface area is 202 Å². The monoisotopic (exact) mass is 488 g/mol. The van der Waals surface area contributed by atoms with E-state index in [2.05, 4.69) is 15.6 Å². The van der Waals surface area contributed by atoms with Gasteiger partial charge >= 0.3 is 11.8 Å². The lowest BCUT2D eigenvalue weighted by Gasteiger charge is -2.19. The number of carbonyl (C=O) groups excluding carboxylic acids is 1. The van der Waals surface area contributed by atoms with E-state index >= 15 is 0 Å². The van der Waals surface area contributed by atoms with Gasteiger partial charge in [-0.3, -0.25) is 18.5 Å². The zero-order valence-corrected chi connectivity index (χ0v) is 20.6. The average Bonchev–Trinajstić information content (AvgIpc) is 3.15. The summed E-state index contributed by atoms with van der Waals surface area (Å²) < 4.78 is 14.5. The summed E-state index contributed by atoms with van der Waals surface area (Å²) in [6.07, 6.45) is -0.637. The molecule has 0 unspecified atom stereocenters. The van der Waals surface area contributed by atoms with Crippen LogP contribution in [0.3, 0.4) is 0 Å². The summed E-state index contributed by atoms with van der Waals surface area (Å²) in [7, 11) is 3.10. The Morgan fingerprint density at radius 2 is 1.91 bits per heavy atom. The highest BCUT2D eigenvalue weighted by Crippen LogP contribution is 2.20. The molecule has 3 N–H and O–H groups in total. The van der Waals surface area contributed by atoms with Crippen LogP contribution in [0.1, 0.15) is 26.3 Å². The van der Waals surface area contributed by atoms with E-state index in [0.29, 0.717) is 11.7 Å². The van der Waals surface area contributed by atoms with Crippen molar-refractivity contribution >= 4 is 23.2 Å². The molecular formula is C23H32N6O6. The molecule has 1 amide bonds. The normalized spacial score (nSPS) is 11.5. The van der Waals surface area contributed by atoms with Crippen LogP contribution in [0.25, 0.3) is 11.2 Å². The molecule has 2 heterocycles. The number of carbonyl (C=O) groups is 1. The Balaban J connectivity index is 2.03. The summed E-state index contributed by atoms with van der Waals surface area (Å²) in [4.78, 5) is 42.8. The standard InChI is InChI=1S/C23H32N6O6/c1-23(2,3)35-21(32)25-9-11-28-19(31)17-18(27(4)22(28)33)26-20(24-10-12-30)29(17)14-15-7-6-8-16(13-15)34-5/h6-8,13,30H,9-12,14H2,1-5H3,(H,24,26)(H,25,32). The Bertz CT molecular complexity index is 1320. The smallest absolute Gasteiger partial charge is 0.407 e. The lowest BCUT2D eigenvalue weighted by molar-refractivity contribution is 0.0525. The molecule has 0 aliphatic carbocycles. The number of imidazole rings is 1. The van der Waals surface area contributed by atoms with Crippen molar-refractivity contribution in [3.05, 3.63) is 50.7 Å². The predicted molar refractivity (Wildman–Crippen MR) is 131 cm³/mol. The molecule has 3 aromatic rings. The van der Waals surface area contributed by atoms with Gasteiger partial charge in [0.1, 0.15) is 11.4 Å². The molecule has 0 atom stereocenters. The summed E-state index contributed by atoms with van der Waals surface area (Å²) in [6.45, 7) is 5.54. The minimum Gasteiger partial charge on any atom is -0.497 e. The minimum atomic E-state index is -0.666. The molecule has 0 saturated heterocycles. The van der Waals surface area contributed by atoms with Gasteiger partial charge in [0.15, 0.2) is 11.2 Å². The van der Waals surface area contributed by atoms with Crippen LogP contribution >= 0.6 is 0 Å². The van der Waals surface area contributed by atoms with Crippen molar-refractivity contribution in [1.82, 2.24) is 24.0 Å². The molecule has 2 aromatic heterocycles. The van der Waals surface area contributed by atoms with Crippen LogP contribution in [-0.2, 0) is 24.9 Å². The fourth-order valence-electron chi connectivity index (χ4n) is 3.56. The second-order valence-corrected chi connectivity index (χ2v) is 8.92. The number of aryl methyl sites for hydroxylation is 1. The second-order valence-electron chi connectivity index (χ2n) is 8.92. The number of hydrogen-bond acceptors (Lipinski definition) is 8. The van der Waals surface area contributed by atoms with E-state index in [1.54, 1.807) is 32.4 Å². The van der Waals surface area contributed by atoms with E-state index in [-0.39, 0.29) is 43.9 Å². The molecule has 12 nitrogen and oxygen atoms in total. The van der Waals surface area contributed by atoms with Crippen LogP contribution in [0.4, 0.5) is 10.7 Å². The number of methoxy groups -OCH3 is 1. The molecule has 0 radical (unpaired) electrons. The van der Waals surface area contributed by atoms with Gasteiger partial charge in [-0.1, -0.05) is 12.1 Å². The topological polar surface area (TPSA) is 142 Å². The van der Waals surface area contributed by atoms with E-state index in [9.17, 15) is 19.5 Å².